The van der Waals surface area contributed by atoms with E-state index in [1.165, 1.54) is 0 Å². The molecule has 1 N–H and O–H groups in total. The van der Waals surface area contributed by atoms with Crippen LogP contribution in [0, 0.1) is 5.41 Å². The molecule has 0 bridgehead atoms. The molecule has 0 spiro atoms. The zero-order valence-corrected chi connectivity index (χ0v) is 14.0. The van der Waals surface area contributed by atoms with Crippen LogP contribution in [0.1, 0.15) is 5.56 Å². The van der Waals surface area contributed by atoms with Crippen LogP contribution < -0.4 is 0 Å². The molecule has 0 aromatic heterocycles. The molecule has 0 heterocycles. The number of carbonyl (C=O) groups is 1. The van der Waals surface area contributed by atoms with Crippen molar-refractivity contribution in [3.63, 3.8) is 0 Å². The summed E-state index contributed by atoms with van der Waals surface area (Å²) in [5, 5.41) is 9.57. The van der Waals surface area contributed by atoms with Crippen LogP contribution in [-0.4, -0.2) is 40.8 Å². The Balaban J connectivity index is 2.82. The molecule has 0 saturated heterocycles. The van der Waals surface area contributed by atoms with Crippen molar-refractivity contribution in [2.45, 2.75) is 29.9 Å². The molecule has 14 heteroatoms. The van der Waals surface area contributed by atoms with Gasteiger partial charge in [0.15, 0.2) is 5.78 Å². The number of rotatable bonds is 3. The van der Waals surface area contributed by atoms with E-state index in [1.807, 2.05) is 0 Å². The number of carbonyl (C=O) groups excluding carboxylic acids is 1. The molecule has 1 aliphatic carbocycles. The van der Waals surface area contributed by atoms with Crippen molar-refractivity contribution < 1.29 is 58.2 Å². The van der Waals surface area contributed by atoms with Gasteiger partial charge in [0.25, 0.3) is 5.41 Å². The molecule has 29 heavy (non-hydrogen) atoms. The van der Waals surface area contributed by atoms with E-state index >= 15 is 0 Å². The van der Waals surface area contributed by atoms with Crippen molar-refractivity contribution in [1.82, 2.24) is 0 Å². The average molecular weight is 463 g/mol. The summed E-state index contributed by atoms with van der Waals surface area (Å²) in [4.78, 5) is 11.9. The smallest absolute Gasteiger partial charge is 0.414 e. The second-order valence-corrected chi connectivity index (χ2v) is 6.38. The first-order chi connectivity index (χ1) is 12.8. The first-order valence-corrected chi connectivity index (χ1v) is 7.47. The second-order valence-electron chi connectivity index (χ2n) is 5.95. The van der Waals surface area contributed by atoms with Gasteiger partial charge in [0.2, 0.25) is 0 Å². The van der Waals surface area contributed by atoms with Crippen molar-refractivity contribution >= 4 is 23.1 Å². The minimum Gasteiger partial charge on any atom is -0.507 e. The van der Waals surface area contributed by atoms with Crippen molar-refractivity contribution in [3.8, 4) is 0 Å². The molecule has 1 saturated carbocycles. The lowest BCUT2D eigenvalue weighted by atomic mass is 9.74. The molecule has 0 amide bonds. The summed E-state index contributed by atoms with van der Waals surface area (Å²) in [7, 11) is 0. The Morgan fingerprint density at radius 2 is 1.21 bits per heavy atom. The van der Waals surface area contributed by atoms with Crippen LogP contribution >= 0.6 is 11.6 Å². The van der Waals surface area contributed by atoms with Crippen molar-refractivity contribution in [3.05, 3.63) is 40.9 Å². The van der Waals surface area contributed by atoms with Gasteiger partial charge in [-0.2, -0.15) is 48.3 Å². The fourth-order valence-electron chi connectivity index (χ4n) is 2.80. The van der Waals surface area contributed by atoms with Gasteiger partial charge in [0.05, 0.1) is 0 Å². The number of halogens is 12. The quantitative estimate of drug-likeness (QED) is 0.344. The molecular formula is C15H6ClF11O2. The molecular weight excluding hydrogens is 457 g/mol. The lowest BCUT2D eigenvalue weighted by Gasteiger charge is -2.37. The van der Waals surface area contributed by atoms with Gasteiger partial charge in [0, 0.05) is 16.7 Å². The SMILES string of the molecule is O=C(/C=C(\O)c1ccc(Cl)cc1)C1(C(F)(F)F)C(F)(F)C(F)(F)C(F)(F)C1(F)F. The molecule has 1 aromatic carbocycles. The van der Waals surface area contributed by atoms with Crippen LogP contribution in [0.4, 0.5) is 48.3 Å². The second kappa shape index (κ2) is 6.22. The highest BCUT2D eigenvalue weighted by Gasteiger charge is 3.06. The van der Waals surface area contributed by atoms with E-state index in [-0.39, 0.29) is 5.02 Å². The summed E-state index contributed by atoms with van der Waals surface area (Å²) in [6.45, 7) is 0. The summed E-state index contributed by atoms with van der Waals surface area (Å²) in [5.74, 6) is -34.3. The molecule has 0 radical (unpaired) electrons. The van der Waals surface area contributed by atoms with E-state index in [4.69, 9.17) is 11.6 Å². The van der Waals surface area contributed by atoms with Crippen LogP contribution in [0.2, 0.25) is 5.02 Å². The molecule has 1 aliphatic rings. The van der Waals surface area contributed by atoms with Gasteiger partial charge < -0.3 is 5.11 Å². The molecule has 1 fully saturated rings. The van der Waals surface area contributed by atoms with Crippen LogP contribution in [0.3, 0.4) is 0 Å². The van der Waals surface area contributed by atoms with Gasteiger partial charge >= 0.3 is 29.9 Å². The third kappa shape index (κ3) is 2.58. The molecule has 2 nitrogen and oxygen atoms in total. The Morgan fingerprint density at radius 1 is 0.828 bits per heavy atom. The first-order valence-electron chi connectivity index (χ1n) is 7.09. The number of hydrogen-bond donors (Lipinski definition) is 1. The Kier molecular flexibility index (Phi) is 4.98. The molecule has 2 rings (SSSR count). The summed E-state index contributed by atoms with van der Waals surface area (Å²) >= 11 is 5.46. The van der Waals surface area contributed by atoms with E-state index in [2.05, 4.69) is 0 Å². The van der Waals surface area contributed by atoms with Gasteiger partial charge in [-0.3, -0.25) is 4.79 Å². The zero-order valence-electron chi connectivity index (χ0n) is 13.3. The average Bonchev–Trinajstić information content (AvgIpc) is 2.59. The molecule has 162 valence electrons. The predicted molar refractivity (Wildman–Crippen MR) is 75.3 cm³/mol. The maximum atomic E-state index is 13.9. The Bertz CT molecular complexity index is 830. The minimum atomic E-state index is -7.28. The third-order valence-electron chi connectivity index (χ3n) is 4.33. The van der Waals surface area contributed by atoms with Gasteiger partial charge in [0.1, 0.15) is 5.76 Å². The number of alkyl halides is 11. The maximum Gasteiger partial charge on any atom is 0.414 e. The van der Waals surface area contributed by atoms with E-state index in [0.717, 1.165) is 24.3 Å². The van der Waals surface area contributed by atoms with Crippen LogP contribution in [0.15, 0.2) is 30.3 Å². The highest BCUT2D eigenvalue weighted by Crippen LogP contribution is 2.75. The Hall–Kier alpha value is -2.05. The summed E-state index contributed by atoms with van der Waals surface area (Å²) < 4.78 is 149. The fourth-order valence-corrected chi connectivity index (χ4v) is 2.93. The van der Waals surface area contributed by atoms with E-state index in [0.29, 0.717) is 0 Å². The Labute approximate surface area is 158 Å². The lowest BCUT2D eigenvalue weighted by molar-refractivity contribution is -0.341. The summed E-state index contributed by atoms with van der Waals surface area (Å²) in [5.41, 5.74) is -7.50. The fraction of sp³-hybridized carbons (Fsp3) is 0.400. The van der Waals surface area contributed by atoms with E-state index < -0.39 is 58.5 Å². The summed E-state index contributed by atoms with van der Waals surface area (Å²) in [6, 6.07) is 3.50. The number of aliphatic hydroxyl groups is 1. The largest absolute Gasteiger partial charge is 0.507 e. The minimum absolute atomic E-state index is 0.0206. The first kappa shape index (κ1) is 23.2. The third-order valence-corrected chi connectivity index (χ3v) is 4.58. The molecule has 0 aliphatic heterocycles. The van der Waals surface area contributed by atoms with Gasteiger partial charge in [-0.1, -0.05) is 11.6 Å². The number of allylic oxidation sites excluding steroid dienone is 1. The van der Waals surface area contributed by atoms with E-state index in [9.17, 15) is 58.2 Å². The van der Waals surface area contributed by atoms with Crippen molar-refractivity contribution in [2.24, 2.45) is 5.41 Å². The number of hydrogen-bond acceptors (Lipinski definition) is 2. The normalized spacial score (nSPS) is 24.3. The van der Waals surface area contributed by atoms with Crippen molar-refractivity contribution in [1.29, 1.82) is 0 Å². The number of benzene rings is 1. The van der Waals surface area contributed by atoms with Crippen molar-refractivity contribution in [2.75, 3.05) is 0 Å². The summed E-state index contributed by atoms with van der Waals surface area (Å²) in [6.07, 6.45) is -8.17. The predicted octanol–water partition coefficient (Wildman–Crippen LogP) is 5.91. The van der Waals surface area contributed by atoms with Crippen LogP contribution in [0.25, 0.3) is 5.76 Å². The van der Waals surface area contributed by atoms with Gasteiger partial charge in [-0.05, 0) is 24.3 Å². The Morgan fingerprint density at radius 3 is 1.55 bits per heavy atom. The monoisotopic (exact) mass is 462 g/mol. The highest BCUT2D eigenvalue weighted by molar-refractivity contribution is 6.30. The van der Waals surface area contributed by atoms with Gasteiger partial charge in [-0.25, -0.2) is 0 Å². The van der Waals surface area contributed by atoms with E-state index in [1.54, 1.807) is 0 Å². The maximum absolute atomic E-state index is 13.9. The number of ketones is 1. The number of aliphatic hydroxyl groups excluding tert-OH is 1. The van der Waals surface area contributed by atoms with Gasteiger partial charge in [-0.15, -0.1) is 0 Å². The highest BCUT2D eigenvalue weighted by atomic mass is 35.5. The topological polar surface area (TPSA) is 37.3 Å². The zero-order chi connectivity index (χ0) is 22.8. The molecule has 0 atom stereocenters. The standard InChI is InChI=1S/C15H6ClF11O2/c16-7-3-1-6(2-4-7)8(28)5-9(29)10(15(25,26)27)11(17,18)13(21,22)14(23,24)12(10,19)20/h1-5,28H/b8-5-. The molecule has 1 aromatic rings. The molecule has 0 unspecified atom stereocenters. The lowest BCUT2D eigenvalue weighted by Crippen LogP contribution is -2.64. The van der Waals surface area contributed by atoms with Crippen LogP contribution in [0.5, 0.6) is 0 Å². The van der Waals surface area contributed by atoms with Crippen LogP contribution in [-0.2, 0) is 4.79 Å².